The summed E-state index contributed by atoms with van der Waals surface area (Å²) in [6, 6.07) is 8.11. The largest absolute Gasteiger partial charge is 0.398 e. The van der Waals surface area contributed by atoms with Gasteiger partial charge in [-0.05, 0) is 24.3 Å². The molecule has 1 aliphatic heterocycles. The molecule has 20 heavy (non-hydrogen) atoms. The molecule has 0 amide bonds. The Morgan fingerprint density at radius 3 is 2.85 bits per heavy atom. The van der Waals surface area contributed by atoms with Crippen LogP contribution < -0.4 is 10.6 Å². The minimum atomic E-state index is 0.478. The fourth-order valence-electron chi connectivity index (χ4n) is 2.54. The van der Waals surface area contributed by atoms with Crippen molar-refractivity contribution in [2.24, 2.45) is 0 Å². The van der Waals surface area contributed by atoms with Crippen LogP contribution in [-0.2, 0) is 16.1 Å². The van der Waals surface area contributed by atoms with E-state index >= 15 is 0 Å². The number of hydrogen-bond donors (Lipinski definition) is 1. The summed E-state index contributed by atoms with van der Waals surface area (Å²) in [7, 11) is 1.66. The number of nitrogens with zero attached hydrogens (tertiary/aromatic N) is 2. The van der Waals surface area contributed by atoms with Crippen LogP contribution in [0.3, 0.4) is 0 Å². The predicted octanol–water partition coefficient (Wildman–Crippen LogP) is 1.80. The van der Waals surface area contributed by atoms with E-state index in [2.05, 4.69) is 22.0 Å². The van der Waals surface area contributed by atoms with Gasteiger partial charge in [0.2, 0.25) is 0 Å². The molecule has 0 radical (unpaired) electrons. The highest BCUT2D eigenvalue weighted by Gasteiger charge is 2.12. The molecule has 5 nitrogen and oxygen atoms in total. The molecule has 0 saturated carbocycles. The Labute approximate surface area is 118 Å². The minimum Gasteiger partial charge on any atom is -0.398 e. The lowest BCUT2D eigenvalue weighted by Crippen LogP contribution is -2.36. The fourth-order valence-corrected chi connectivity index (χ4v) is 2.54. The lowest BCUT2D eigenvalue weighted by Gasteiger charge is -2.29. The van der Waals surface area contributed by atoms with Crippen LogP contribution in [0.2, 0.25) is 0 Å². The van der Waals surface area contributed by atoms with Crippen LogP contribution in [0.5, 0.6) is 0 Å². The first-order chi connectivity index (χ1) is 9.78. The summed E-state index contributed by atoms with van der Waals surface area (Å²) < 4.78 is 10.5. The van der Waals surface area contributed by atoms with Gasteiger partial charge in [0.05, 0.1) is 31.0 Å². The van der Waals surface area contributed by atoms with Crippen molar-refractivity contribution in [3.63, 3.8) is 0 Å². The van der Waals surface area contributed by atoms with Crippen molar-refractivity contribution in [2.45, 2.75) is 6.61 Å². The number of pyridine rings is 1. The predicted molar refractivity (Wildman–Crippen MR) is 79.9 cm³/mol. The van der Waals surface area contributed by atoms with Gasteiger partial charge in [0.15, 0.2) is 0 Å². The Morgan fingerprint density at radius 1 is 1.30 bits per heavy atom. The number of fused-ring (bicyclic) bond motifs is 1. The molecule has 2 heterocycles. The van der Waals surface area contributed by atoms with Crippen molar-refractivity contribution >= 4 is 22.3 Å². The maximum atomic E-state index is 6.15. The van der Waals surface area contributed by atoms with E-state index < -0.39 is 0 Å². The van der Waals surface area contributed by atoms with E-state index in [-0.39, 0.29) is 0 Å². The van der Waals surface area contributed by atoms with Gasteiger partial charge in [0.25, 0.3) is 0 Å². The number of methoxy groups -OCH3 is 1. The maximum absolute atomic E-state index is 6.15. The molecule has 0 spiro atoms. The van der Waals surface area contributed by atoms with E-state index in [0.29, 0.717) is 6.61 Å². The molecule has 5 heteroatoms. The second-order valence-electron chi connectivity index (χ2n) is 4.94. The number of hydrogen-bond acceptors (Lipinski definition) is 5. The first-order valence-electron chi connectivity index (χ1n) is 6.79. The molecule has 0 aliphatic carbocycles. The summed E-state index contributed by atoms with van der Waals surface area (Å²) in [4.78, 5) is 6.87. The average molecular weight is 273 g/mol. The van der Waals surface area contributed by atoms with Crippen molar-refractivity contribution in [1.29, 1.82) is 0 Å². The van der Waals surface area contributed by atoms with Crippen LogP contribution in [0.15, 0.2) is 24.3 Å². The van der Waals surface area contributed by atoms with Crippen LogP contribution in [0.4, 0.5) is 11.4 Å². The van der Waals surface area contributed by atoms with Gasteiger partial charge in [-0.25, -0.2) is 0 Å². The number of benzene rings is 1. The number of aromatic nitrogens is 1. The third kappa shape index (κ3) is 2.55. The van der Waals surface area contributed by atoms with E-state index in [1.807, 2.05) is 12.1 Å². The molecule has 1 saturated heterocycles. The molecule has 1 aromatic carbocycles. The summed E-state index contributed by atoms with van der Waals surface area (Å²) in [6.45, 7) is 3.86. The second kappa shape index (κ2) is 5.64. The van der Waals surface area contributed by atoms with E-state index in [0.717, 1.165) is 48.6 Å². The molecule has 1 aliphatic rings. The number of morpholine rings is 1. The molecular weight excluding hydrogens is 254 g/mol. The maximum Gasteiger partial charge on any atom is 0.0885 e. The Bertz CT molecular complexity index is 609. The van der Waals surface area contributed by atoms with Gasteiger partial charge >= 0.3 is 0 Å². The summed E-state index contributed by atoms with van der Waals surface area (Å²) >= 11 is 0. The zero-order chi connectivity index (χ0) is 13.9. The number of anilines is 2. The number of rotatable bonds is 3. The third-order valence-electron chi connectivity index (χ3n) is 3.55. The van der Waals surface area contributed by atoms with Gasteiger partial charge in [0.1, 0.15) is 0 Å². The topological polar surface area (TPSA) is 60.6 Å². The van der Waals surface area contributed by atoms with Crippen LogP contribution in [0.1, 0.15) is 5.69 Å². The third-order valence-corrected chi connectivity index (χ3v) is 3.55. The number of nitrogens with two attached hydrogens (primary N) is 1. The van der Waals surface area contributed by atoms with E-state index in [1.165, 1.54) is 5.69 Å². The lowest BCUT2D eigenvalue weighted by atomic mass is 10.1. The van der Waals surface area contributed by atoms with Crippen LogP contribution in [0.25, 0.3) is 10.9 Å². The molecular formula is C15H19N3O2. The zero-order valence-corrected chi connectivity index (χ0v) is 11.6. The normalized spacial score (nSPS) is 15.8. The molecule has 106 valence electrons. The van der Waals surface area contributed by atoms with Gasteiger partial charge in [-0.15, -0.1) is 0 Å². The lowest BCUT2D eigenvalue weighted by molar-refractivity contribution is 0.122. The fraction of sp³-hybridized carbons (Fsp3) is 0.400. The summed E-state index contributed by atoms with van der Waals surface area (Å²) in [5.41, 5.74) is 9.84. The molecule has 1 aromatic heterocycles. The highest BCUT2D eigenvalue weighted by molar-refractivity contribution is 5.92. The second-order valence-corrected chi connectivity index (χ2v) is 4.94. The first-order valence-corrected chi connectivity index (χ1v) is 6.79. The summed E-state index contributed by atoms with van der Waals surface area (Å²) in [5.74, 6) is 0. The Balaban J connectivity index is 1.98. The molecule has 2 N–H and O–H groups in total. The Morgan fingerprint density at radius 2 is 2.10 bits per heavy atom. The number of nitrogen functional groups attached to an aromatic ring is 1. The van der Waals surface area contributed by atoms with Gasteiger partial charge in [-0.3, -0.25) is 4.98 Å². The highest BCUT2D eigenvalue weighted by Crippen LogP contribution is 2.26. The van der Waals surface area contributed by atoms with E-state index in [9.17, 15) is 0 Å². The first kappa shape index (κ1) is 13.1. The van der Waals surface area contributed by atoms with E-state index in [4.69, 9.17) is 15.2 Å². The minimum absolute atomic E-state index is 0.478. The van der Waals surface area contributed by atoms with Crippen molar-refractivity contribution in [3.05, 3.63) is 30.0 Å². The van der Waals surface area contributed by atoms with Crippen LogP contribution in [-0.4, -0.2) is 38.4 Å². The highest BCUT2D eigenvalue weighted by atomic mass is 16.5. The van der Waals surface area contributed by atoms with Gasteiger partial charge in [0, 0.05) is 37.0 Å². The van der Waals surface area contributed by atoms with Gasteiger partial charge in [-0.2, -0.15) is 0 Å². The van der Waals surface area contributed by atoms with Crippen molar-refractivity contribution in [3.8, 4) is 0 Å². The summed E-state index contributed by atoms with van der Waals surface area (Å²) in [5, 5.41) is 0.994. The molecule has 2 aromatic rings. The monoisotopic (exact) mass is 273 g/mol. The van der Waals surface area contributed by atoms with E-state index in [1.54, 1.807) is 7.11 Å². The molecule has 0 atom stereocenters. The SMILES string of the molecule is COCc1cc(N)c2cc(N3CCOCC3)ccc2n1. The Hall–Kier alpha value is -1.85. The standard InChI is InChI=1S/C15H19N3O2/c1-19-10-11-8-14(16)13-9-12(2-3-15(13)17-11)18-4-6-20-7-5-18/h2-3,8-9H,4-7,10H2,1H3,(H2,16,17). The quantitative estimate of drug-likeness (QED) is 0.924. The van der Waals surface area contributed by atoms with Crippen LogP contribution >= 0.6 is 0 Å². The van der Waals surface area contributed by atoms with Gasteiger partial charge < -0.3 is 20.1 Å². The zero-order valence-electron chi connectivity index (χ0n) is 11.6. The molecule has 1 fully saturated rings. The average Bonchev–Trinajstić information content (AvgIpc) is 2.48. The van der Waals surface area contributed by atoms with Crippen molar-refractivity contribution in [1.82, 2.24) is 4.98 Å². The van der Waals surface area contributed by atoms with Crippen LogP contribution in [0, 0.1) is 0 Å². The smallest absolute Gasteiger partial charge is 0.0885 e. The molecule has 3 rings (SSSR count). The summed E-state index contributed by atoms with van der Waals surface area (Å²) in [6.07, 6.45) is 0. The molecule has 0 bridgehead atoms. The number of ether oxygens (including phenoxy) is 2. The van der Waals surface area contributed by atoms with Crippen molar-refractivity contribution < 1.29 is 9.47 Å². The Kier molecular flexibility index (Phi) is 3.71. The molecule has 0 unspecified atom stereocenters. The van der Waals surface area contributed by atoms with Gasteiger partial charge in [-0.1, -0.05) is 0 Å². The van der Waals surface area contributed by atoms with Crippen molar-refractivity contribution in [2.75, 3.05) is 44.0 Å².